The molecule has 1 aliphatic rings. The molecular weight excluding hydrogens is 323 g/mol. The number of nitrogens with one attached hydrogen (secondary N) is 1. The van der Waals surface area contributed by atoms with Crippen molar-refractivity contribution in [2.24, 2.45) is 5.92 Å². The Morgan fingerprint density at radius 3 is 2.90 bits per heavy atom. The minimum atomic E-state index is -0.194. The van der Waals surface area contributed by atoms with Gasteiger partial charge in [-0.3, -0.25) is 4.79 Å². The maximum atomic E-state index is 13.7. The van der Waals surface area contributed by atoms with Gasteiger partial charge in [-0.15, -0.1) is 0 Å². The van der Waals surface area contributed by atoms with Crippen LogP contribution in [0.2, 0.25) is 0 Å². The van der Waals surface area contributed by atoms with E-state index in [1.807, 2.05) is 11.0 Å². The molecule has 0 unspecified atom stereocenters. The molecule has 0 aliphatic carbocycles. The van der Waals surface area contributed by atoms with E-state index in [-0.39, 0.29) is 11.7 Å². The summed E-state index contributed by atoms with van der Waals surface area (Å²) in [5, 5.41) is 3.41. The fraction of sp³-hybridized carbons (Fsp3) is 0.533. The lowest BCUT2D eigenvalue weighted by atomic mass is 9.93. The number of nitrogens with zero attached hydrogens (tertiary/aromatic N) is 1. The molecule has 2 atom stereocenters. The molecule has 0 radical (unpaired) electrons. The highest BCUT2D eigenvalue weighted by molar-refractivity contribution is 9.10. The monoisotopic (exact) mass is 342 g/mol. The molecule has 20 heavy (non-hydrogen) atoms. The van der Waals surface area contributed by atoms with Crippen LogP contribution in [0.5, 0.6) is 0 Å². The zero-order valence-electron chi connectivity index (χ0n) is 11.8. The molecule has 1 heterocycles. The summed E-state index contributed by atoms with van der Waals surface area (Å²) < 4.78 is 14.5. The van der Waals surface area contributed by atoms with Crippen LogP contribution >= 0.6 is 15.9 Å². The lowest BCUT2D eigenvalue weighted by Gasteiger charge is -2.37. The summed E-state index contributed by atoms with van der Waals surface area (Å²) in [6.45, 7) is 5.81. The summed E-state index contributed by atoms with van der Waals surface area (Å²) >= 11 is 3.26. The SMILES string of the molecule is CC(=O)N1CC[C@@H](NCc2ccc(Br)cc2F)[C@@H](C)C1. The molecule has 1 aromatic rings. The van der Waals surface area contributed by atoms with Gasteiger partial charge in [0.1, 0.15) is 5.82 Å². The van der Waals surface area contributed by atoms with Crippen LogP contribution in [-0.2, 0) is 11.3 Å². The minimum absolute atomic E-state index is 0.134. The first kappa shape index (κ1) is 15.4. The van der Waals surface area contributed by atoms with Crippen molar-refractivity contribution in [1.82, 2.24) is 10.2 Å². The molecule has 1 fully saturated rings. The van der Waals surface area contributed by atoms with E-state index in [1.165, 1.54) is 6.07 Å². The van der Waals surface area contributed by atoms with Crippen LogP contribution in [-0.4, -0.2) is 29.9 Å². The molecular formula is C15H20BrFN2O. The lowest BCUT2D eigenvalue weighted by Crippen LogP contribution is -2.49. The highest BCUT2D eigenvalue weighted by Crippen LogP contribution is 2.19. The van der Waals surface area contributed by atoms with Crippen LogP contribution < -0.4 is 5.32 Å². The Bertz CT molecular complexity index is 495. The van der Waals surface area contributed by atoms with Gasteiger partial charge in [0.2, 0.25) is 5.91 Å². The van der Waals surface area contributed by atoms with Gasteiger partial charge in [-0.1, -0.05) is 28.9 Å². The van der Waals surface area contributed by atoms with Crippen LogP contribution in [0, 0.1) is 11.7 Å². The van der Waals surface area contributed by atoms with Crippen LogP contribution in [0.3, 0.4) is 0 Å². The second-order valence-electron chi connectivity index (χ2n) is 5.45. The summed E-state index contributed by atoms with van der Waals surface area (Å²) in [4.78, 5) is 13.2. The van der Waals surface area contributed by atoms with Gasteiger partial charge >= 0.3 is 0 Å². The first-order valence-electron chi connectivity index (χ1n) is 6.90. The molecule has 1 N–H and O–H groups in total. The molecule has 0 spiro atoms. The fourth-order valence-corrected chi connectivity index (χ4v) is 2.97. The van der Waals surface area contributed by atoms with Gasteiger partial charge in [0.05, 0.1) is 0 Å². The number of halogens is 2. The van der Waals surface area contributed by atoms with Gasteiger partial charge in [-0.05, 0) is 24.5 Å². The predicted octanol–water partition coefficient (Wildman–Crippen LogP) is 2.93. The summed E-state index contributed by atoms with van der Waals surface area (Å²) in [5.41, 5.74) is 0.675. The van der Waals surface area contributed by atoms with Crippen LogP contribution in [0.15, 0.2) is 22.7 Å². The first-order valence-corrected chi connectivity index (χ1v) is 7.69. The number of rotatable bonds is 3. The second kappa shape index (κ2) is 6.68. The van der Waals surface area contributed by atoms with Gasteiger partial charge in [-0.2, -0.15) is 0 Å². The van der Waals surface area contributed by atoms with Crippen molar-refractivity contribution < 1.29 is 9.18 Å². The normalized spacial score (nSPS) is 22.9. The van der Waals surface area contributed by atoms with Crippen molar-refractivity contribution in [3.63, 3.8) is 0 Å². The number of carbonyl (C=O) groups is 1. The van der Waals surface area contributed by atoms with E-state index in [1.54, 1.807) is 13.0 Å². The Morgan fingerprint density at radius 1 is 1.55 bits per heavy atom. The van der Waals surface area contributed by atoms with Gasteiger partial charge < -0.3 is 10.2 Å². The molecule has 1 amide bonds. The van der Waals surface area contributed by atoms with Crippen molar-refractivity contribution in [2.45, 2.75) is 32.9 Å². The number of likely N-dealkylation sites (tertiary alicyclic amines) is 1. The van der Waals surface area contributed by atoms with Crippen molar-refractivity contribution in [3.05, 3.63) is 34.1 Å². The maximum Gasteiger partial charge on any atom is 0.219 e. The molecule has 1 saturated heterocycles. The molecule has 0 bridgehead atoms. The Morgan fingerprint density at radius 2 is 2.30 bits per heavy atom. The minimum Gasteiger partial charge on any atom is -0.343 e. The van der Waals surface area contributed by atoms with E-state index in [0.717, 1.165) is 24.0 Å². The standard InChI is InChI=1S/C15H20BrFN2O/c1-10-9-19(11(2)20)6-5-15(10)18-8-12-3-4-13(16)7-14(12)17/h3-4,7,10,15,18H,5-6,8-9H2,1-2H3/t10-,15+/m0/s1. The Labute approximate surface area is 127 Å². The van der Waals surface area contributed by atoms with Gasteiger partial charge in [0, 0.05) is 42.6 Å². The number of hydrogen-bond acceptors (Lipinski definition) is 2. The number of piperidine rings is 1. The van der Waals surface area contributed by atoms with E-state index < -0.39 is 0 Å². The average Bonchev–Trinajstić information content (AvgIpc) is 2.38. The molecule has 1 aromatic carbocycles. The third-order valence-corrected chi connectivity index (χ3v) is 4.41. The topological polar surface area (TPSA) is 32.3 Å². The van der Waals surface area contributed by atoms with Crippen LogP contribution in [0.4, 0.5) is 4.39 Å². The van der Waals surface area contributed by atoms with Crippen molar-refractivity contribution in [1.29, 1.82) is 0 Å². The number of carbonyl (C=O) groups excluding carboxylic acids is 1. The predicted molar refractivity (Wildman–Crippen MR) is 80.8 cm³/mol. The number of benzene rings is 1. The van der Waals surface area contributed by atoms with Crippen molar-refractivity contribution in [2.75, 3.05) is 13.1 Å². The van der Waals surface area contributed by atoms with Gasteiger partial charge in [0.15, 0.2) is 0 Å². The van der Waals surface area contributed by atoms with E-state index in [9.17, 15) is 9.18 Å². The van der Waals surface area contributed by atoms with Gasteiger partial charge in [0.25, 0.3) is 0 Å². The molecule has 0 saturated carbocycles. The van der Waals surface area contributed by atoms with E-state index >= 15 is 0 Å². The van der Waals surface area contributed by atoms with Gasteiger partial charge in [-0.25, -0.2) is 4.39 Å². The second-order valence-corrected chi connectivity index (χ2v) is 6.37. The van der Waals surface area contributed by atoms with Crippen molar-refractivity contribution in [3.8, 4) is 0 Å². The fourth-order valence-electron chi connectivity index (χ4n) is 2.64. The largest absolute Gasteiger partial charge is 0.343 e. The molecule has 3 nitrogen and oxygen atoms in total. The molecule has 1 aliphatic heterocycles. The zero-order chi connectivity index (χ0) is 14.7. The first-order chi connectivity index (χ1) is 9.47. The third kappa shape index (κ3) is 3.79. The quantitative estimate of drug-likeness (QED) is 0.915. The Hall–Kier alpha value is -0.940. The third-order valence-electron chi connectivity index (χ3n) is 3.92. The van der Waals surface area contributed by atoms with Crippen LogP contribution in [0.25, 0.3) is 0 Å². The molecule has 5 heteroatoms. The highest BCUT2D eigenvalue weighted by atomic mass is 79.9. The molecule has 2 rings (SSSR count). The Balaban J connectivity index is 1.90. The lowest BCUT2D eigenvalue weighted by molar-refractivity contribution is -0.130. The van der Waals surface area contributed by atoms with Crippen LogP contribution in [0.1, 0.15) is 25.8 Å². The summed E-state index contributed by atoms with van der Waals surface area (Å²) in [5.74, 6) is 0.320. The number of amides is 1. The average molecular weight is 343 g/mol. The Kier molecular flexibility index (Phi) is 5.16. The molecule has 0 aromatic heterocycles. The molecule has 110 valence electrons. The maximum absolute atomic E-state index is 13.7. The number of hydrogen-bond donors (Lipinski definition) is 1. The van der Waals surface area contributed by atoms with E-state index in [2.05, 4.69) is 28.2 Å². The zero-order valence-corrected chi connectivity index (χ0v) is 13.4. The van der Waals surface area contributed by atoms with E-state index in [4.69, 9.17) is 0 Å². The summed E-state index contributed by atoms with van der Waals surface area (Å²) in [7, 11) is 0. The summed E-state index contributed by atoms with van der Waals surface area (Å²) in [6.07, 6.45) is 0.916. The van der Waals surface area contributed by atoms with Crippen molar-refractivity contribution >= 4 is 21.8 Å². The smallest absolute Gasteiger partial charge is 0.219 e. The van der Waals surface area contributed by atoms with E-state index in [0.29, 0.717) is 24.1 Å². The highest BCUT2D eigenvalue weighted by Gasteiger charge is 2.26. The summed E-state index contributed by atoms with van der Waals surface area (Å²) in [6, 6.07) is 5.45.